The third-order valence-electron chi connectivity index (χ3n) is 2.97. The van der Waals surface area contributed by atoms with Gasteiger partial charge in [0.15, 0.2) is 0 Å². The van der Waals surface area contributed by atoms with E-state index in [1.807, 2.05) is 49.4 Å². The van der Waals surface area contributed by atoms with Crippen LogP contribution in [0, 0.1) is 5.92 Å². The van der Waals surface area contributed by atoms with Crippen LogP contribution >= 0.6 is 0 Å². The van der Waals surface area contributed by atoms with Crippen molar-refractivity contribution in [1.82, 2.24) is 5.32 Å². The quantitative estimate of drug-likeness (QED) is 0.751. The second-order valence-electron chi connectivity index (χ2n) is 4.08. The van der Waals surface area contributed by atoms with E-state index in [1.165, 1.54) is 0 Å². The van der Waals surface area contributed by atoms with E-state index < -0.39 is 0 Å². The summed E-state index contributed by atoms with van der Waals surface area (Å²) in [6.07, 6.45) is 4.05. The van der Waals surface area contributed by atoms with Gasteiger partial charge in [-0.1, -0.05) is 56.0 Å². The molecular formula is C14H15NO. The van der Waals surface area contributed by atoms with Gasteiger partial charge in [-0.15, -0.1) is 0 Å². The molecule has 1 heterocycles. The SMILES string of the molecule is C=C1C(=O)N[C@@H](/C=C/c2ccccc2)[C@@H]1C. The molecule has 1 aromatic carbocycles. The fourth-order valence-corrected chi connectivity index (χ4v) is 1.79. The number of amides is 1. The van der Waals surface area contributed by atoms with Crippen LogP contribution in [0.3, 0.4) is 0 Å². The molecule has 2 heteroatoms. The highest BCUT2D eigenvalue weighted by molar-refractivity contribution is 5.96. The molecule has 0 aromatic heterocycles. The van der Waals surface area contributed by atoms with E-state index in [4.69, 9.17) is 0 Å². The van der Waals surface area contributed by atoms with Crippen LogP contribution < -0.4 is 5.32 Å². The number of rotatable bonds is 2. The van der Waals surface area contributed by atoms with Crippen molar-refractivity contribution in [2.24, 2.45) is 5.92 Å². The molecule has 2 atom stereocenters. The van der Waals surface area contributed by atoms with E-state index in [1.54, 1.807) is 0 Å². The van der Waals surface area contributed by atoms with Gasteiger partial charge in [-0.25, -0.2) is 0 Å². The van der Waals surface area contributed by atoms with Crippen LogP contribution in [0.25, 0.3) is 6.08 Å². The number of hydrogen-bond acceptors (Lipinski definition) is 1. The second kappa shape index (κ2) is 4.35. The standard InChI is InChI=1S/C14H15NO/c1-10-11(2)14(16)15-13(10)9-8-12-6-4-3-5-7-12/h3-10,13H,2H2,1H3,(H,15,16)/b9-8+/t10-,13+/m1/s1. The van der Waals surface area contributed by atoms with Crippen molar-refractivity contribution in [3.8, 4) is 0 Å². The average molecular weight is 213 g/mol. The van der Waals surface area contributed by atoms with Crippen LogP contribution in [0.4, 0.5) is 0 Å². The van der Waals surface area contributed by atoms with Gasteiger partial charge in [0, 0.05) is 11.5 Å². The van der Waals surface area contributed by atoms with Crippen molar-refractivity contribution in [3.05, 3.63) is 54.1 Å². The molecule has 2 rings (SSSR count). The van der Waals surface area contributed by atoms with Gasteiger partial charge < -0.3 is 5.32 Å². The van der Waals surface area contributed by atoms with Crippen molar-refractivity contribution in [1.29, 1.82) is 0 Å². The van der Waals surface area contributed by atoms with Crippen LogP contribution in [-0.2, 0) is 4.79 Å². The highest BCUT2D eigenvalue weighted by atomic mass is 16.2. The van der Waals surface area contributed by atoms with E-state index in [0.29, 0.717) is 5.57 Å². The van der Waals surface area contributed by atoms with Gasteiger partial charge in [-0.2, -0.15) is 0 Å². The van der Waals surface area contributed by atoms with Gasteiger partial charge in [0.25, 0.3) is 0 Å². The first-order valence-electron chi connectivity index (χ1n) is 5.41. The van der Waals surface area contributed by atoms with E-state index in [2.05, 4.69) is 11.9 Å². The summed E-state index contributed by atoms with van der Waals surface area (Å²) < 4.78 is 0. The topological polar surface area (TPSA) is 29.1 Å². The molecule has 0 bridgehead atoms. The maximum Gasteiger partial charge on any atom is 0.247 e. The summed E-state index contributed by atoms with van der Waals surface area (Å²) in [5.41, 5.74) is 1.81. The summed E-state index contributed by atoms with van der Waals surface area (Å²) in [4.78, 5) is 11.4. The third-order valence-corrected chi connectivity index (χ3v) is 2.97. The molecule has 1 N–H and O–H groups in total. The molecule has 1 aliphatic heterocycles. The monoisotopic (exact) mass is 213 g/mol. The molecule has 1 fully saturated rings. The third kappa shape index (κ3) is 2.06. The zero-order valence-electron chi connectivity index (χ0n) is 9.31. The highest BCUT2D eigenvalue weighted by Gasteiger charge is 2.30. The first-order valence-corrected chi connectivity index (χ1v) is 5.41. The summed E-state index contributed by atoms with van der Waals surface area (Å²) in [7, 11) is 0. The Morgan fingerprint density at radius 2 is 2.00 bits per heavy atom. The van der Waals surface area contributed by atoms with Crippen LogP contribution in [0.5, 0.6) is 0 Å². The van der Waals surface area contributed by atoms with Crippen LogP contribution in [0.15, 0.2) is 48.6 Å². The fourth-order valence-electron chi connectivity index (χ4n) is 1.79. The van der Waals surface area contributed by atoms with Crippen molar-refractivity contribution in [2.45, 2.75) is 13.0 Å². The van der Waals surface area contributed by atoms with Gasteiger partial charge in [-0.3, -0.25) is 4.79 Å². The largest absolute Gasteiger partial charge is 0.346 e. The summed E-state index contributed by atoms with van der Waals surface area (Å²) >= 11 is 0. The summed E-state index contributed by atoms with van der Waals surface area (Å²) in [5, 5.41) is 2.90. The van der Waals surface area contributed by atoms with Gasteiger partial charge >= 0.3 is 0 Å². The predicted octanol–water partition coefficient (Wildman–Crippen LogP) is 2.39. The zero-order valence-corrected chi connectivity index (χ0v) is 9.31. The molecule has 2 nitrogen and oxygen atoms in total. The lowest BCUT2D eigenvalue weighted by Gasteiger charge is -2.09. The molecule has 1 amide bonds. The Morgan fingerprint density at radius 3 is 2.56 bits per heavy atom. The van der Waals surface area contributed by atoms with Crippen molar-refractivity contribution in [3.63, 3.8) is 0 Å². The van der Waals surface area contributed by atoms with Crippen LogP contribution in [0.2, 0.25) is 0 Å². The first kappa shape index (κ1) is 10.7. The molecule has 1 aromatic rings. The van der Waals surface area contributed by atoms with Crippen molar-refractivity contribution >= 4 is 12.0 Å². The lowest BCUT2D eigenvalue weighted by Crippen LogP contribution is -2.25. The number of nitrogens with one attached hydrogen (secondary N) is 1. The molecule has 1 saturated heterocycles. The minimum Gasteiger partial charge on any atom is -0.346 e. The lowest BCUT2D eigenvalue weighted by molar-refractivity contribution is -0.116. The van der Waals surface area contributed by atoms with Gasteiger partial charge in [-0.05, 0) is 5.56 Å². The molecule has 16 heavy (non-hydrogen) atoms. The van der Waals surface area contributed by atoms with Crippen LogP contribution in [0.1, 0.15) is 12.5 Å². The Kier molecular flexibility index (Phi) is 2.91. The normalized spacial score (nSPS) is 25.1. The Hall–Kier alpha value is -1.83. The second-order valence-corrected chi connectivity index (χ2v) is 4.08. The minimum atomic E-state index is -0.0322. The lowest BCUT2D eigenvalue weighted by atomic mass is 9.98. The van der Waals surface area contributed by atoms with E-state index in [-0.39, 0.29) is 17.9 Å². The molecular weight excluding hydrogens is 198 g/mol. The smallest absolute Gasteiger partial charge is 0.247 e. The Morgan fingerprint density at radius 1 is 1.31 bits per heavy atom. The Labute approximate surface area is 95.7 Å². The van der Waals surface area contributed by atoms with Crippen molar-refractivity contribution in [2.75, 3.05) is 0 Å². The number of carbonyl (C=O) groups excluding carboxylic acids is 1. The minimum absolute atomic E-state index is 0.0322. The number of hydrogen-bond donors (Lipinski definition) is 1. The molecule has 0 spiro atoms. The fraction of sp³-hybridized carbons (Fsp3) is 0.214. The molecule has 0 radical (unpaired) electrons. The summed E-state index contributed by atoms with van der Waals surface area (Å²) in [6, 6.07) is 10.1. The van der Waals surface area contributed by atoms with Crippen molar-refractivity contribution < 1.29 is 4.79 Å². The molecule has 0 unspecified atom stereocenters. The summed E-state index contributed by atoms with van der Waals surface area (Å²) in [6.45, 7) is 5.79. The number of carbonyl (C=O) groups is 1. The Bertz CT molecular complexity index is 433. The highest BCUT2D eigenvalue weighted by Crippen LogP contribution is 2.21. The maximum atomic E-state index is 11.4. The van der Waals surface area contributed by atoms with Gasteiger partial charge in [0.1, 0.15) is 0 Å². The molecule has 1 aliphatic rings. The zero-order chi connectivity index (χ0) is 11.5. The number of benzene rings is 1. The van der Waals surface area contributed by atoms with E-state index in [0.717, 1.165) is 5.56 Å². The van der Waals surface area contributed by atoms with Gasteiger partial charge in [0.2, 0.25) is 5.91 Å². The molecule has 0 aliphatic carbocycles. The predicted molar refractivity (Wildman–Crippen MR) is 65.7 cm³/mol. The molecule has 82 valence electrons. The van der Waals surface area contributed by atoms with E-state index >= 15 is 0 Å². The average Bonchev–Trinajstić information content (AvgIpc) is 2.56. The van der Waals surface area contributed by atoms with Gasteiger partial charge in [0.05, 0.1) is 6.04 Å². The van der Waals surface area contributed by atoms with E-state index in [9.17, 15) is 4.79 Å². The molecule has 0 saturated carbocycles. The Balaban J connectivity index is 2.09. The maximum absolute atomic E-state index is 11.4. The summed E-state index contributed by atoms with van der Waals surface area (Å²) in [5.74, 6) is 0.141. The van der Waals surface area contributed by atoms with Crippen LogP contribution in [-0.4, -0.2) is 11.9 Å². The first-order chi connectivity index (χ1) is 7.68.